The standard InChI is InChI=1S/C19H17F3N4O3/c1-9(2)16(27)24-8-12-6-14(24)15-17(28)26(18(29)25(12)15)11-4-3-10(7-23)13(5-11)19(20,21)22/h3-5,9,12,14,28H,6,8H2,1-2H3/t12-,14-/m0/s1. The van der Waals surface area contributed by atoms with E-state index in [2.05, 4.69) is 0 Å². The van der Waals surface area contributed by atoms with Gasteiger partial charge in [0, 0.05) is 12.5 Å². The summed E-state index contributed by atoms with van der Waals surface area (Å²) in [5.41, 5.74) is -2.39. The predicted octanol–water partition coefficient (Wildman–Crippen LogP) is 2.72. The number of nitrogens with zero attached hydrogens (tertiary/aromatic N) is 4. The molecule has 3 heterocycles. The quantitative estimate of drug-likeness (QED) is 0.830. The first-order chi connectivity index (χ1) is 13.6. The van der Waals surface area contributed by atoms with E-state index >= 15 is 0 Å². The van der Waals surface area contributed by atoms with Gasteiger partial charge in [-0.1, -0.05) is 13.8 Å². The highest BCUT2D eigenvalue weighted by Gasteiger charge is 2.49. The maximum absolute atomic E-state index is 13.3. The van der Waals surface area contributed by atoms with Gasteiger partial charge in [0.05, 0.1) is 35.0 Å². The third kappa shape index (κ3) is 2.64. The van der Waals surface area contributed by atoms with Crippen molar-refractivity contribution in [3.05, 3.63) is 45.5 Å². The molecule has 0 unspecified atom stereocenters. The minimum atomic E-state index is -4.79. The number of likely N-dealkylation sites (tertiary alicyclic amines) is 1. The van der Waals surface area contributed by atoms with Gasteiger partial charge in [0.1, 0.15) is 5.69 Å². The highest BCUT2D eigenvalue weighted by atomic mass is 19.4. The molecule has 29 heavy (non-hydrogen) atoms. The van der Waals surface area contributed by atoms with Gasteiger partial charge in [-0.05, 0) is 24.6 Å². The lowest BCUT2D eigenvalue weighted by atomic mass is 10.1. The zero-order valence-corrected chi connectivity index (χ0v) is 15.6. The number of halogens is 3. The minimum Gasteiger partial charge on any atom is -0.493 e. The second-order valence-electron chi connectivity index (χ2n) is 7.59. The number of carbonyl (C=O) groups excluding carboxylic acids is 1. The number of carbonyl (C=O) groups is 1. The van der Waals surface area contributed by atoms with Gasteiger partial charge in [-0.2, -0.15) is 18.4 Å². The van der Waals surface area contributed by atoms with Crippen molar-refractivity contribution in [3.8, 4) is 17.6 Å². The van der Waals surface area contributed by atoms with E-state index in [0.717, 1.165) is 10.6 Å². The summed E-state index contributed by atoms with van der Waals surface area (Å²) in [6.07, 6.45) is -4.30. The van der Waals surface area contributed by atoms with Gasteiger partial charge < -0.3 is 10.0 Å². The van der Waals surface area contributed by atoms with E-state index < -0.39 is 34.9 Å². The maximum Gasteiger partial charge on any atom is 0.417 e. The largest absolute Gasteiger partial charge is 0.493 e. The Morgan fingerprint density at radius 3 is 2.62 bits per heavy atom. The number of aromatic nitrogens is 2. The topological polar surface area (TPSA) is 91.3 Å². The van der Waals surface area contributed by atoms with Gasteiger partial charge in [0.25, 0.3) is 0 Å². The lowest BCUT2D eigenvalue weighted by Crippen LogP contribution is -2.39. The van der Waals surface area contributed by atoms with Crippen LogP contribution in [0.5, 0.6) is 5.88 Å². The molecule has 1 aromatic carbocycles. The van der Waals surface area contributed by atoms with E-state index in [1.54, 1.807) is 18.7 Å². The molecule has 1 N–H and O–H groups in total. The zero-order valence-electron chi connectivity index (χ0n) is 15.6. The van der Waals surface area contributed by atoms with Crippen LogP contribution in [0.3, 0.4) is 0 Å². The summed E-state index contributed by atoms with van der Waals surface area (Å²) in [7, 11) is 0. The lowest BCUT2D eigenvalue weighted by Gasteiger charge is -2.29. The van der Waals surface area contributed by atoms with Crippen LogP contribution in [0.25, 0.3) is 5.69 Å². The number of alkyl halides is 3. The van der Waals surface area contributed by atoms with Crippen molar-refractivity contribution in [1.82, 2.24) is 14.0 Å². The Hall–Kier alpha value is -3.22. The minimum absolute atomic E-state index is 0.110. The molecule has 1 saturated heterocycles. The second kappa shape index (κ2) is 6.14. The third-order valence-corrected chi connectivity index (χ3v) is 5.52. The molecule has 0 saturated carbocycles. The van der Waals surface area contributed by atoms with Crippen LogP contribution in [0, 0.1) is 17.2 Å². The van der Waals surface area contributed by atoms with Crippen molar-refractivity contribution in [3.63, 3.8) is 0 Å². The molecule has 2 aliphatic heterocycles. The normalized spacial score (nSPS) is 20.2. The summed E-state index contributed by atoms with van der Waals surface area (Å²) in [5, 5.41) is 19.7. The van der Waals surface area contributed by atoms with Crippen molar-refractivity contribution in [2.24, 2.45) is 5.92 Å². The number of rotatable bonds is 2. The van der Waals surface area contributed by atoms with Gasteiger partial charge in [0.15, 0.2) is 0 Å². The Morgan fingerprint density at radius 1 is 1.34 bits per heavy atom. The molecule has 0 aliphatic carbocycles. The summed E-state index contributed by atoms with van der Waals surface area (Å²) >= 11 is 0. The lowest BCUT2D eigenvalue weighted by molar-refractivity contribution is -0.138. The van der Waals surface area contributed by atoms with Crippen molar-refractivity contribution in [1.29, 1.82) is 5.26 Å². The molecule has 2 bridgehead atoms. The summed E-state index contributed by atoms with van der Waals surface area (Å²) < 4.78 is 42.0. The summed E-state index contributed by atoms with van der Waals surface area (Å²) in [6.45, 7) is 3.82. The molecule has 152 valence electrons. The van der Waals surface area contributed by atoms with Crippen molar-refractivity contribution < 1.29 is 23.1 Å². The van der Waals surface area contributed by atoms with Gasteiger partial charge in [-0.25, -0.2) is 9.36 Å². The van der Waals surface area contributed by atoms with Crippen LogP contribution >= 0.6 is 0 Å². The number of aromatic hydroxyl groups is 1. The first-order valence-electron chi connectivity index (χ1n) is 9.04. The smallest absolute Gasteiger partial charge is 0.417 e. The van der Waals surface area contributed by atoms with Crippen molar-refractivity contribution >= 4 is 5.91 Å². The molecule has 2 atom stereocenters. The van der Waals surface area contributed by atoms with Gasteiger partial charge >= 0.3 is 11.9 Å². The van der Waals surface area contributed by atoms with Crippen molar-refractivity contribution in [2.75, 3.05) is 6.54 Å². The molecule has 1 aromatic heterocycles. The molecule has 2 aromatic rings. The number of hydrogen-bond acceptors (Lipinski definition) is 4. The Balaban J connectivity index is 1.85. The Bertz CT molecular complexity index is 1120. The van der Waals surface area contributed by atoms with Crippen LogP contribution in [0.2, 0.25) is 0 Å². The summed E-state index contributed by atoms with van der Waals surface area (Å²) in [4.78, 5) is 27.0. The molecular weight excluding hydrogens is 389 g/mol. The molecule has 1 amide bonds. The Morgan fingerprint density at radius 2 is 2.03 bits per heavy atom. The third-order valence-electron chi connectivity index (χ3n) is 5.52. The second-order valence-corrected chi connectivity index (χ2v) is 7.59. The van der Waals surface area contributed by atoms with Crippen LogP contribution < -0.4 is 5.69 Å². The van der Waals surface area contributed by atoms with Crippen LogP contribution in [0.1, 0.15) is 49.2 Å². The average molecular weight is 406 g/mol. The molecule has 0 spiro atoms. The summed E-state index contributed by atoms with van der Waals surface area (Å²) in [5.74, 6) is -0.853. The molecule has 2 aliphatic rings. The molecule has 1 fully saturated rings. The fourth-order valence-electron chi connectivity index (χ4n) is 4.26. The highest BCUT2D eigenvalue weighted by Crippen LogP contribution is 2.49. The molecule has 0 radical (unpaired) electrons. The fourth-order valence-corrected chi connectivity index (χ4v) is 4.26. The average Bonchev–Trinajstić information content (AvgIpc) is 3.31. The molecular formula is C19H17F3N4O3. The van der Waals surface area contributed by atoms with Crippen LogP contribution in [-0.2, 0) is 11.0 Å². The monoisotopic (exact) mass is 406 g/mol. The van der Waals surface area contributed by atoms with Gasteiger partial charge in [0.2, 0.25) is 11.8 Å². The molecule has 4 rings (SSSR count). The number of benzene rings is 1. The zero-order chi connectivity index (χ0) is 21.2. The summed E-state index contributed by atoms with van der Waals surface area (Å²) in [6, 6.07) is 3.48. The SMILES string of the molecule is CC(C)C(=O)N1C[C@@H]2C[C@H]1c1c(O)n(-c3ccc(C#N)c(C(F)(F)F)c3)c(=O)n12. The number of amides is 1. The number of hydrogen-bond donors (Lipinski definition) is 1. The van der Waals surface area contributed by atoms with Crippen LogP contribution in [0.4, 0.5) is 13.2 Å². The number of fused-ring (bicyclic) bond motifs is 5. The Kier molecular flexibility index (Phi) is 4.05. The molecule has 10 heteroatoms. The number of nitriles is 1. The van der Waals surface area contributed by atoms with Crippen LogP contribution in [0.15, 0.2) is 23.0 Å². The van der Waals surface area contributed by atoms with E-state index in [9.17, 15) is 27.9 Å². The van der Waals surface area contributed by atoms with Crippen LogP contribution in [-0.4, -0.2) is 31.6 Å². The first kappa shape index (κ1) is 19.1. The van der Waals surface area contributed by atoms with E-state index in [1.165, 1.54) is 16.7 Å². The van der Waals surface area contributed by atoms with Crippen molar-refractivity contribution in [2.45, 2.75) is 38.5 Å². The van der Waals surface area contributed by atoms with Gasteiger partial charge in [-0.15, -0.1) is 0 Å². The van der Waals surface area contributed by atoms with E-state index in [4.69, 9.17) is 5.26 Å². The predicted molar refractivity (Wildman–Crippen MR) is 94.4 cm³/mol. The van der Waals surface area contributed by atoms with E-state index in [-0.39, 0.29) is 29.2 Å². The highest BCUT2D eigenvalue weighted by molar-refractivity contribution is 5.79. The van der Waals surface area contributed by atoms with Gasteiger partial charge in [-0.3, -0.25) is 9.36 Å². The van der Waals surface area contributed by atoms with E-state index in [0.29, 0.717) is 19.0 Å². The number of imidazole rings is 1. The van der Waals surface area contributed by atoms with E-state index in [1.807, 2.05) is 0 Å². The fraction of sp³-hybridized carbons (Fsp3) is 0.421. The Labute approximate surface area is 163 Å². The maximum atomic E-state index is 13.3. The molecule has 7 nitrogen and oxygen atoms in total. The first-order valence-corrected chi connectivity index (χ1v) is 9.04.